The van der Waals surface area contributed by atoms with Crippen molar-refractivity contribution in [3.05, 3.63) is 30.1 Å². The van der Waals surface area contributed by atoms with Gasteiger partial charge in [0.05, 0.1) is 24.4 Å². The van der Waals surface area contributed by atoms with E-state index in [0.29, 0.717) is 26.1 Å². The molecule has 0 bridgehead atoms. The lowest BCUT2D eigenvalue weighted by atomic mass is 9.88. The maximum atomic E-state index is 12.5. The van der Waals surface area contributed by atoms with Crippen molar-refractivity contribution >= 4 is 22.2 Å². The minimum atomic E-state index is -3.01. The fourth-order valence-electron chi connectivity index (χ4n) is 4.05. The monoisotopic (exact) mass is 441 g/mol. The fraction of sp³-hybridized carbons (Fsp3) is 0.650. The zero-order valence-electron chi connectivity index (χ0n) is 17.6. The van der Waals surface area contributed by atoms with Crippen molar-refractivity contribution in [1.29, 1.82) is 0 Å². The molecule has 1 atom stereocenters. The predicted molar refractivity (Wildman–Crippen MR) is 112 cm³/mol. The molecule has 1 spiro atoms. The summed E-state index contributed by atoms with van der Waals surface area (Å²) in [5.41, 5.74) is 0.659. The van der Waals surface area contributed by atoms with Crippen LogP contribution in [0, 0.1) is 0 Å². The number of ether oxygens (including phenoxy) is 1. The van der Waals surface area contributed by atoms with Crippen molar-refractivity contribution in [2.45, 2.75) is 37.8 Å². The van der Waals surface area contributed by atoms with Crippen LogP contribution in [0.4, 0.5) is 0 Å². The highest BCUT2D eigenvalue weighted by atomic mass is 32.2. The average Bonchev–Trinajstić information content (AvgIpc) is 2.69. The van der Waals surface area contributed by atoms with E-state index in [0.717, 1.165) is 31.5 Å². The molecule has 3 rings (SSSR count). The third-order valence-corrected chi connectivity index (χ3v) is 6.64. The number of amides is 1. The van der Waals surface area contributed by atoms with Gasteiger partial charge in [-0.2, -0.15) is 0 Å². The molecule has 10 heteroatoms. The van der Waals surface area contributed by atoms with E-state index in [1.54, 1.807) is 12.4 Å². The number of rotatable bonds is 5. The van der Waals surface area contributed by atoms with Gasteiger partial charge in [-0.1, -0.05) is 6.07 Å². The van der Waals surface area contributed by atoms with Gasteiger partial charge in [-0.15, -0.1) is 0 Å². The zero-order valence-corrected chi connectivity index (χ0v) is 18.4. The van der Waals surface area contributed by atoms with E-state index in [4.69, 9.17) is 14.6 Å². The van der Waals surface area contributed by atoms with Crippen LogP contribution in [-0.2, 0) is 30.6 Å². The molecule has 2 fully saturated rings. The number of carbonyl (C=O) groups is 2. The van der Waals surface area contributed by atoms with E-state index in [9.17, 15) is 13.2 Å². The summed E-state index contributed by atoms with van der Waals surface area (Å²) in [5.74, 6) is 0.287. The summed E-state index contributed by atoms with van der Waals surface area (Å²) in [5, 5.41) is 6.89. The molecule has 0 aliphatic carbocycles. The van der Waals surface area contributed by atoms with Crippen molar-refractivity contribution in [3.63, 3.8) is 0 Å². The lowest BCUT2D eigenvalue weighted by Crippen LogP contribution is -2.59. The highest BCUT2D eigenvalue weighted by Gasteiger charge is 2.41. The smallest absolute Gasteiger partial charge is 0.290 e. The summed E-state index contributed by atoms with van der Waals surface area (Å²) in [6, 6.07) is 3.74. The van der Waals surface area contributed by atoms with Gasteiger partial charge in [-0.25, -0.2) is 8.42 Å². The van der Waals surface area contributed by atoms with Gasteiger partial charge in [-0.3, -0.25) is 19.5 Å². The van der Waals surface area contributed by atoms with Crippen LogP contribution in [-0.4, -0.2) is 97.1 Å². The molecule has 1 aromatic heterocycles. The van der Waals surface area contributed by atoms with Crippen LogP contribution in [0.1, 0.15) is 25.3 Å². The van der Waals surface area contributed by atoms with Crippen LogP contribution >= 0.6 is 0 Å². The van der Waals surface area contributed by atoms with Crippen molar-refractivity contribution in [2.75, 3.05) is 44.8 Å². The Labute approximate surface area is 177 Å². The summed E-state index contributed by atoms with van der Waals surface area (Å²) in [4.78, 5) is 29.1. The molecule has 1 aromatic rings. The van der Waals surface area contributed by atoms with Crippen LogP contribution in [0.25, 0.3) is 0 Å². The van der Waals surface area contributed by atoms with Crippen LogP contribution in [0.3, 0.4) is 0 Å². The standard InChI is InChI=1S/C19H29N3O4S.CH2O2/c1-16(14-27(2,24)25)22-10-11-26-19(15-22)5-8-21(9-6-19)18(23)12-17-4-3-7-20-13-17;2-1-3/h3-4,7,13,16H,5-6,8-12,14-15H2,1-2H3;1H,(H,2,3). The molecule has 168 valence electrons. The third kappa shape index (κ3) is 7.33. The van der Waals surface area contributed by atoms with Crippen molar-refractivity contribution in [3.8, 4) is 0 Å². The highest BCUT2D eigenvalue weighted by Crippen LogP contribution is 2.31. The van der Waals surface area contributed by atoms with Gasteiger partial charge in [0.2, 0.25) is 5.91 Å². The Balaban J connectivity index is 0.00000101. The Kier molecular flexibility index (Phi) is 8.75. The summed E-state index contributed by atoms with van der Waals surface area (Å²) in [6.07, 6.45) is 6.66. The Morgan fingerprint density at radius 2 is 2.03 bits per heavy atom. The van der Waals surface area contributed by atoms with E-state index in [2.05, 4.69) is 9.88 Å². The Hall–Kier alpha value is -2.04. The molecule has 2 saturated heterocycles. The molecule has 1 N–H and O–H groups in total. The predicted octanol–water partition coefficient (Wildman–Crippen LogP) is 0.451. The average molecular weight is 442 g/mol. The molecule has 2 aliphatic rings. The second-order valence-corrected chi connectivity index (χ2v) is 10.2. The molecular formula is C20H31N3O6S. The maximum Gasteiger partial charge on any atom is 0.290 e. The van der Waals surface area contributed by atoms with E-state index >= 15 is 0 Å². The quantitative estimate of drug-likeness (QED) is 0.655. The zero-order chi connectivity index (χ0) is 22.2. The minimum absolute atomic E-state index is 0.0222. The van der Waals surface area contributed by atoms with Gasteiger partial charge in [0.1, 0.15) is 9.84 Å². The lowest BCUT2D eigenvalue weighted by Gasteiger charge is -2.48. The first-order chi connectivity index (χ1) is 14.2. The lowest BCUT2D eigenvalue weighted by molar-refractivity contribution is -0.152. The summed E-state index contributed by atoms with van der Waals surface area (Å²) in [7, 11) is -3.01. The minimum Gasteiger partial charge on any atom is -0.483 e. The molecule has 0 radical (unpaired) electrons. The van der Waals surface area contributed by atoms with Crippen molar-refractivity contribution < 1.29 is 27.9 Å². The first-order valence-electron chi connectivity index (χ1n) is 9.98. The summed E-state index contributed by atoms with van der Waals surface area (Å²) in [6.45, 7) is 5.15. The van der Waals surface area contributed by atoms with Gasteiger partial charge in [-0.05, 0) is 31.4 Å². The first-order valence-corrected chi connectivity index (χ1v) is 12.0. The SMILES string of the molecule is CC(CS(C)(=O)=O)N1CCOC2(CCN(C(=O)Cc3cccnc3)CC2)C1.O=CO. The van der Waals surface area contributed by atoms with Crippen LogP contribution in [0.5, 0.6) is 0 Å². The molecular weight excluding hydrogens is 410 g/mol. The first kappa shape index (κ1) is 24.2. The molecule has 2 aliphatic heterocycles. The Morgan fingerprint density at radius 1 is 1.37 bits per heavy atom. The van der Waals surface area contributed by atoms with E-state index in [1.165, 1.54) is 6.26 Å². The topological polar surface area (TPSA) is 117 Å². The molecule has 0 saturated carbocycles. The normalized spacial score (nSPS) is 20.1. The van der Waals surface area contributed by atoms with Crippen LogP contribution in [0.2, 0.25) is 0 Å². The van der Waals surface area contributed by atoms with Crippen molar-refractivity contribution in [1.82, 2.24) is 14.8 Å². The van der Waals surface area contributed by atoms with Gasteiger partial charge in [0.15, 0.2) is 0 Å². The number of hydrogen-bond donors (Lipinski definition) is 1. The van der Waals surface area contributed by atoms with Gasteiger partial charge in [0, 0.05) is 50.9 Å². The number of hydrogen-bond acceptors (Lipinski definition) is 7. The number of likely N-dealkylation sites (tertiary alicyclic amines) is 1. The number of sulfone groups is 1. The maximum absolute atomic E-state index is 12.5. The van der Waals surface area contributed by atoms with E-state index < -0.39 is 9.84 Å². The Bertz CT molecular complexity index is 794. The number of carboxylic acid groups (broad SMARTS) is 1. The molecule has 1 unspecified atom stereocenters. The highest BCUT2D eigenvalue weighted by molar-refractivity contribution is 7.90. The molecule has 9 nitrogen and oxygen atoms in total. The molecule has 3 heterocycles. The summed E-state index contributed by atoms with van der Waals surface area (Å²) >= 11 is 0. The number of aromatic nitrogens is 1. The van der Waals surface area contributed by atoms with Crippen LogP contribution in [0.15, 0.2) is 24.5 Å². The van der Waals surface area contributed by atoms with E-state index in [-0.39, 0.29) is 29.8 Å². The number of carbonyl (C=O) groups excluding carboxylic acids is 1. The molecule has 1 amide bonds. The number of morpholine rings is 1. The van der Waals surface area contributed by atoms with Crippen molar-refractivity contribution in [2.24, 2.45) is 0 Å². The van der Waals surface area contributed by atoms with Gasteiger partial charge >= 0.3 is 0 Å². The number of piperidine rings is 1. The van der Waals surface area contributed by atoms with Crippen LogP contribution < -0.4 is 0 Å². The molecule has 0 aromatic carbocycles. The number of pyridine rings is 1. The third-order valence-electron chi connectivity index (χ3n) is 5.55. The molecule has 30 heavy (non-hydrogen) atoms. The van der Waals surface area contributed by atoms with Gasteiger partial charge in [0.25, 0.3) is 6.47 Å². The number of nitrogens with zero attached hydrogens (tertiary/aromatic N) is 3. The van der Waals surface area contributed by atoms with E-state index in [1.807, 2.05) is 24.0 Å². The second kappa shape index (κ2) is 10.8. The summed E-state index contributed by atoms with van der Waals surface area (Å²) < 4.78 is 29.4. The van der Waals surface area contributed by atoms with Gasteiger partial charge < -0.3 is 14.7 Å². The second-order valence-electron chi connectivity index (χ2n) is 7.97. The largest absolute Gasteiger partial charge is 0.483 e. The Morgan fingerprint density at radius 3 is 2.60 bits per heavy atom. The fourth-order valence-corrected chi connectivity index (χ4v) is 5.14.